The van der Waals surface area contributed by atoms with E-state index in [9.17, 15) is 22.4 Å². The normalized spacial score (nSPS) is 17.0. The maximum atomic E-state index is 13.2. The smallest absolute Gasteiger partial charge is 0.330 e. The van der Waals surface area contributed by atoms with E-state index in [0.29, 0.717) is 25.1 Å². The second kappa shape index (κ2) is 9.84. The van der Waals surface area contributed by atoms with Crippen molar-refractivity contribution in [3.63, 3.8) is 0 Å². The monoisotopic (exact) mass is 446 g/mol. The number of anilines is 1. The summed E-state index contributed by atoms with van der Waals surface area (Å²) in [5.41, 5.74) is 1.25. The zero-order chi connectivity index (χ0) is 22.4. The van der Waals surface area contributed by atoms with E-state index in [-0.39, 0.29) is 11.4 Å². The van der Waals surface area contributed by atoms with Crippen molar-refractivity contribution in [3.8, 4) is 0 Å². The first-order valence-electron chi connectivity index (χ1n) is 9.84. The van der Waals surface area contributed by atoms with Crippen LogP contribution in [0.2, 0.25) is 0 Å². The molecule has 0 unspecified atom stereocenters. The molecule has 1 aliphatic heterocycles. The van der Waals surface area contributed by atoms with E-state index in [1.807, 2.05) is 0 Å². The maximum absolute atomic E-state index is 13.2. The molecule has 31 heavy (non-hydrogen) atoms. The van der Waals surface area contributed by atoms with E-state index in [0.717, 1.165) is 22.0 Å². The molecule has 0 spiro atoms. The summed E-state index contributed by atoms with van der Waals surface area (Å²) < 4.78 is 44.9. The highest BCUT2D eigenvalue weighted by Gasteiger charge is 2.39. The molecule has 0 saturated carbocycles. The number of benzene rings is 2. The molecular formula is C22H23FN2O5S. The summed E-state index contributed by atoms with van der Waals surface area (Å²) in [4.78, 5) is 24.1. The van der Waals surface area contributed by atoms with E-state index < -0.39 is 33.8 Å². The zero-order valence-corrected chi connectivity index (χ0v) is 17.8. The first kappa shape index (κ1) is 22.6. The molecule has 2 aromatic rings. The van der Waals surface area contributed by atoms with Gasteiger partial charge in [-0.05, 0) is 67.8 Å². The number of hydrogen-bond donors (Lipinski definition) is 1. The van der Waals surface area contributed by atoms with Gasteiger partial charge < -0.3 is 10.1 Å². The molecule has 2 aromatic carbocycles. The molecule has 1 N–H and O–H groups in total. The number of ether oxygens (including phenoxy) is 1. The Kier molecular flexibility index (Phi) is 7.19. The summed E-state index contributed by atoms with van der Waals surface area (Å²) >= 11 is 0. The quantitative estimate of drug-likeness (QED) is 0.521. The van der Waals surface area contributed by atoms with Crippen LogP contribution >= 0.6 is 0 Å². The van der Waals surface area contributed by atoms with Crippen LogP contribution in [-0.4, -0.2) is 43.8 Å². The number of rotatable bonds is 7. The Balaban J connectivity index is 1.68. The van der Waals surface area contributed by atoms with Crippen molar-refractivity contribution in [2.24, 2.45) is 0 Å². The summed E-state index contributed by atoms with van der Waals surface area (Å²) in [6.45, 7) is 2.23. The predicted molar refractivity (Wildman–Crippen MR) is 114 cm³/mol. The van der Waals surface area contributed by atoms with Crippen molar-refractivity contribution in [1.82, 2.24) is 4.31 Å². The Morgan fingerprint density at radius 3 is 2.48 bits per heavy atom. The molecule has 1 fully saturated rings. The molecule has 7 nitrogen and oxygen atoms in total. The van der Waals surface area contributed by atoms with Gasteiger partial charge in [-0.15, -0.1) is 0 Å². The molecule has 9 heteroatoms. The van der Waals surface area contributed by atoms with Crippen molar-refractivity contribution in [1.29, 1.82) is 0 Å². The minimum Gasteiger partial charge on any atom is -0.463 e. The third-order valence-corrected chi connectivity index (χ3v) is 6.73. The lowest BCUT2D eigenvalue weighted by atomic mass is 10.1. The van der Waals surface area contributed by atoms with Crippen molar-refractivity contribution in [2.75, 3.05) is 18.5 Å². The van der Waals surface area contributed by atoms with Gasteiger partial charge in [0.2, 0.25) is 15.9 Å². The molecule has 1 aliphatic rings. The van der Waals surface area contributed by atoms with Crippen LogP contribution in [0.4, 0.5) is 10.1 Å². The fourth-order valence-electron chi connectivity index (χ4n) is 3.29. The lowest BCUT2D eigenvalue weighted by molar-refractivity contribution is -0.137. The Labute approximate surface area is 180 Å². The summed E-state index contributed by atoms with van der Waals surface area (Å²) in [6.07, 6.45) is 3.86. The fraction of sp³-hybridized carbons (Fsp3) is 0.273. The molecule has 1 atom stereocenters. The molecule has 1 heterocycles. The number of sulfonamides is 1. The number of amides is 1. The molecule has 1 amide bonds. The predicted octanol–water partition coefficient (Wildman–Crippen LogP) is 3.19. The molecule has 0 radical (unpaired) electrons. The van der Waals surface area contributed by atoms with Crippen molar-refractivity contribution in [3.05, 3.63) is 66.0 Å². The van der Waals surface area contributed by atoms with E-state index in [2.05, 4.69) is 5.32 Å². The lowest BCUT2D eigenvalue weighted by Gasteiger charge is -2.23. The van der Waals surface area contributed by atoms with Crippen LogP contribution in [0.3, 0.4) is 0 Å². The molecular weight excluding hydrogens is 423 g/mol. The summed E-state index contributed by atoms with van der Waals surface area (Å²) in [5, 5.41) is 2.74. The maximum Gasteiger partial charge on any atom is 0.330 e. The van der Waals surface area contributed by atoms with Crippen molar-refractivity contribution in [2.45, 2.75) is 30.7 Å². The average Bonchev–Trinajstić information content (AvgIpc) is 3.25. The highest BCUT2D eigenvalue weighted by Crippen LogP contribution is 2.27. The first-order chi connectivity index (χ1) is 14.8. The average molecular weight is 447 g/mol. The van der Waals surface area contributed by atoms with Crippen LogP contribution in [0.25, 0.3) is 6.08 Å². The number of nitrogens with one attached hydrogen (secondary N) is 1. The van der Waals surface area contributed by atoms with Gasteiger partial charge in [-0.1, -0.05) is 12.1 Å². The zero-order valence-electron chi connectivity index (χ0n) is 17.0. The Morgan fingerprint density at radius 1 is 1.16 bits per heavy atom. The first-order valence-corrected chi connectivity index (χ1v) is 11.3. The third kappa shape index (κ3) is 5.56. The van der Waals surface area contributed by atoms with Gasteiger partial charge in [0, 0.05) is 18.3 Å². The van der Waals surface area contributed by atoms with E-state index in [4.69, 9.17) is 4.74 Å². The SMILES string of the molecule is CCOC(=O)/C=C/c1ccc(NC(=O)[C@@H]2CCCN2S(=O)(=O)c2ccc(F)cc2)cc1. The highest BCUT2D eigenvalue weighted by molar-refractivity contribution is 7.89. The summed E-state index contributed by atoms with van der Waals surface area (Å²) in [7, 11) is -3.92. The second-order valence-electron chi connectivity index (χ2n) is 6.92. The number of carbonyl (C=O) groups excluding carboxylic acids is 2. The molecule has 0 aliphatic carbocycles. The van der Waals surface area contributed by atoms with Crippen LogP contribution in [0.5, 0.6) is 0 Å². The van der Waals surface area contributed by atoms with Crippen LogP contribution in [0.1, 0.15) is 25.3 Å². The van der Waals surface area contributed by atoms with Crippen LogP contribution in [-0.2, 0) is 24.3 Å². The van der Waals surface area contributed by atoms with Gasteiger partial charge in [0.1, 0.15) is 11.9 Å². The molecule has 3 rings (SSSR count). The van der Waals surface area contributed by atoms with Gasteiger partial charge in [-0.25, -0.2) is 17.6 Å². The molecule has 164 valence electrons. The van der Waals surface area contributed by atoms with Gasteiger partial charge in [0.15, 0.2) is 0 Å². The van der Waals surface area contributed by atoms with Crippen LogP contribution in [0, 0.1) is 5.82 Å². The van der Waals surface area contributed by atoms with E-state index in [1.165, 1.54) is 18.2 Å². The fourth-order valence-corrected chi connectivity index (χ4v) is 4.95. The van der Waals surface area contributed by atoms with E-state index in [1.54, 1.807) is 37.3 Å². The van der Waals surface area contributed by atoms with Gasteiger partial charge >= 0.3 is 5.97 Å². The standard InChI is InChI=1S/C22H23FN2O5S/c1-2-30-21(26)14-7-16-5-10-18(11-6-16)24-22(27)20-4-3-15-25(20)31(28,29)19-12-8-17(23)9-13-19/h5-14,20H,2-4,15H2,1H3,(H,24,27)/b14-7+/t20-/m0/s1. The van der Waals surface area contributed by atoms with Crippen LogP contribution in [0.15, 0.2) is 59.5 Å². The second-order valence-corrected chi connectivity index (χ2v) is 8.81. The van der Waals surface area contributed by atoms with Gasteiger partial charge in [0.05, 0.1) is 11.5 Å². The van der Waals surface area contributed by atoms with Gasteiger partial charge in [0.25, 0.3) is 0 Å². The summed E-state index contributed by atoms with van der Waals surface area (Å²) in [6, 6.07) is 10.5. The number of esters is 1. The molecule has 0 aromatic heterocycles. The van der Waals surface area contributed by atoms with Crippen molar-refractivity contribution >= 4 is 33.7 Å². The van der Waals surface area contributed by atoms with Crippen molar-refractivity contribution < 1.29 is 27.1 Å². The number of halogens is 1. The lowest BCUT2D eigenvalue weighted by Crippen LogP contribution is -2.43. The minimum atomic E-state index is -3.92. The molecule has 1 saturated heterocycles. The van der Waals surface area contributed by atoms with E-state index >= 15 is 0 Å². The number of carbonyl (C=O) groups is 2. The number of hydrogen-bond acceptors (Lipinski definition) is 5. The summed E-state index contributed by atoms with van der Waals surface area (Å²) in [5.74, 6) is -1.41. The Hall–Kier alpha value is -3.04. The highest BCUT2D eigenvalue weighted by atomic mass is 32.2. The number of nitrogens with zero attached hydrogens (tertiary/aromatic N) is 1. The van der Waals surface area contributed by atoms with Gasteiger partial charge in [-0.2, -0.15) is 4.31 Å². The van der Waals surface area contributed by atoms with Crippen LogP contribution < -0.4 is 5.32 Å². The Morgan fingerprint density at radius 2 is 1.84 bits per heavy atom. The molecule has 0 bridgehead atoms. The minimum absolute atomic E-state index is 0.0497. The van der Waals surface area contributed by atoms with Gasteiger partial charge in [-0.3, -0.25) is 4.79 Å². The largest absolute Gasteiger partial charge is 0.463 e. The topological polar surface area (TPSA) is 92.8 Å². The third-order valence-electron chi connectivity index (χ3n) is 4.80. The Bertz CT molecular complexity index is 1070.